The van der Waals surface area contributed by atoms with E-state index in [1.807, 2.05) is 24.3 Å². The zero-order valence-corrected chi connectivity index (χ0v) is 10.8. The molecule has 5 nitrogen and oxygen atoms in total. The molecule has 1 aliphatic heterocycles. The van der Waals surface area contributed by atoms with Gasteiger partial charge in [-0.25, -0.2) is 0 Å². The number of anilines is 1. The van der Waals surface area contributed by atoms with E-state index in [-0.39, 0.29) is 6.10 Å². The van der Waals surface area contributed by atoms with Crippen LogP contribution in [0.15, 0.2) is 28.7 Å². The summed E-state index contributed by atoms with van der Waals surface area (Å²) < 4.78 is 16.6. The van der Waals surface area contributed by atoms with E-state index in [9.17, 15) is 0 Å². The molecular formula is C14H18N2O3. The zero-order valence-electron chi connectivity index (χ0n) is 10.8. The Morgan fingerprint density at radius 2 is 2.32 bits per heavy atom. The second kappa shape index (κ2) is 6.04. The van der Waals surface area contributed by atoms with Crippen LogP contribution in [-0.2, 0) is 9.47 Å². The number of aromatic nitrogens is 1. The molecule has 1 saturated heterocycles. The van der Waals surface area contributed by atoms with Crippen molar-refractivity contribution >= 4 is 17.1 Å². The van der Waals surface area contributed by atoms with Gasteiger partial charge in [-0.2, -0.15) is 4.98 Å². The van der Waals surface area contributed by atoms with Gasteiger partial charge in [0.25, 0.3) is 6.01 Å². The summed E-state index contributed by atoms with van der Waals surface area (Å²) in [6, 6.07) is 8.25. The number of nitrogens with zero attached hydrogens (tertiary/aromatic N) is 1. The molecule has 0 saturated carbocycles. The number of para-hydroxylation sites is 2. The molecule has 1 aliphatic rings. The Labute approximate surface area is 111 Å². The van der Waals surface area contributed by atoms with Gasteiger partial charge in [-0.3, -0.25) is 0 Å². The molecule has 0 radical (unpaired) electrons. The third-order valence-electron chi connectivity index (χ3n) is 3.14. The van der Waals surface area contributed by atoms with E-state index in [1.165, 1.54) is 0 Å². The Morgan fingerprint density at radius 3 is 3.16 bits per heavy atom. The Morgan fingerprint density at radius 1 is 1.37 bits per heavy atom. The van der Waals surface area contributed by atoms with Crippen LogP contribution in [0, 0.1) is 0 Å². The predicted molar refractivity (Wildman–Crippen MR) is 72.3 cm³/mol. The third kappa shape index (κ3) is 3.24. The Balaban J connectivity index is 1.39. The third-order valence-corrected chi connectivity index (χ3v) is 3.14. The summed E-state index contributed by atoms with van der Waals surface area (Å²) >= 11 is 0. The van der Waals surface area contributed by atoms with Crippen LogP contribution in [-0.4, -0.2) is 37.5 Å². The van der Waals surface area contributed by atoms with Gasteiger partial charge in [-0.15, -0.1) is 0 Å². The van der Waals surface area contributed by atoms with Crippen LogP contribution in [0.2, 0.25) is 0 Å². The molecule has 3 rings (SSSR count). The maximum Gasteiger partial charge on any atom is 0.295 e. The molecule has 102 valence electrons. The monoisotopic (exact) mass is 262 g/mol. The lowest BCUT2D eigenvalue weighted by Crippen LogP contribution is -2.17. The Hall–Kier alpha value is -1.59. The van der Waals surface area contributed by atoms with Crippen molar-refractivity contribution in [3.63, 3.8) is 0 Å². The largest absolute Gasteiger partial charge is 0.424 e. The topological polar surface area (TPSA) is 56.5 Å². The van der Waals surface area contributed by atoms with Crippen LogP contribution in [0.4, 0.5) is 6.01 Å². The van der Waals surface area contributed by atoms with Gasteiger partial charge in [0.15, 0.2) is 5.58 Å². The molecule has 1 unspecified atom stereocenters. The van der Waals surface area contributed by atoms with E-state index < -0.39 is 0 Å². The smallest absolute Gasteiger partial charge is 0.295 e. The molecule has 1 aromatic heterocycles. The average Bonchev–Trinajstić information content (AvgIpc) is 3.06. The maximum absolute atomic E-state index is 5.56. The molecule has 19 heavy (non-hydrogen) atoms. The molecule has 0 bridgehead atoms. The van der Waals surface area contributed by atoms with Gasteiger partial charge in [0.2, 0.25) is 0 Å². The van der Waals surface area contributed by atoms with Gasteiger partial charge in [-0.05, 0) is 25.0 Å². The van der Waals surface area contributed by atoms with Gasteiger partial charge in [0.05, 0.1) is 19.3 Å². The first kappa shape index (κ1) is 12.4. The lowest BCUT2D eigenvalue weighted by Gasteiger charge is -2.09. The molecule has 2 heterocycles. The predicted octanol–water partition coefficient (Wildman–Crippen LogP) is 2.44. The Bertz CT molecular complexity index is 487. The second-order valence-electron chi connectivity index (χ2n) is 4.62. The van der Waals surface area contributed by atoms with Gasteiger partial charge in [0, 0.05) is 13.2 Å². The number of fused-ring (bicyclic) bond motifs is 1. The minimum atomic E-state index is 0.282. The summed E-state index contributed by atoms with van der Waals surface area (Å²) in [4.78, 5) is 4.33. The summed E-state index contributed by atoms with van der Waals surface area (Å²) in [5, 5.41) is 3.12. The number of nitrogens with one attached hydrogen (secondary N) is 1. The normalized spacial score (nSPS) is 19.1. The van der Waals surface area contributed by atoms with E-state index in [4.69, 9.17) is 13.9 Å². The zero-order chi connectivity index (χ0) is 12.9. The lowest BCUT2D eigenvalue weighted by molar-refractivity contribution is 0.0206. The number of hydrogen-bond acceptors (Lipinski definition) is 5. The van der Waals surface area contributed by atoms with E-state index in [1.54, 1.807) is 0 Å². The molecule has 5 heteroatoms. The number of ether oxygens (including phenoxy) is 2. The quantitative estimate of drug-likeness (QED) is 0.810. The first-order chi connectivity index (χ1) is 9.42. The molecule has 0 aliphatic carbocycles. The molecule has 1 fully saturated rings. The summed E-state index contributed by atoms with van der Waals surface area (Å²) in [6.45, 7) is 2.85. The van der Waals surface area contributed by atoms with Crippen molar-refractivity contribution in [3.8, 4) is 0 Å². The van der Waals surface area contributed by atoms with E-state index in [0.717, 1.165) is 30.5 Å². The highest BCUT2D eigenvalue weighted by Gasteiger charge is 2.14. The van der Waals surface area contributed by atoms with Crippen LogP contribution < -0.4 is 5.32 Å². The summed E-state index contributed by atoms with van der Waals surface area (Å²) in [7, 11) is 0. The first-order valence-corrected chi connectivity index (χ1v) is 6.70. The minimum Gasteiger partial charge on any atom is -0.424 e. The molecule has 0 amide bonds. The Kier molecular flexibility index (Phi) is 3.95. The molecule has 1 N–H and O–H groups in total. The van der Waals surface area contributed by atoms with Gasteiger partial charge >= 0.3 is 0 Å². The van der Waals surface area contributed by atoms with Gasteiger partial charge < -0.3 is 19.2 Å². The van der Waals surface area contributed by atoms with Crippen molar-refractivity contribution in [1.82, 2.24) is 4.98 Å². The number of benzene rings is 1. The number of oxazole rings is 1. The van der Waals surface area contributed by atoms with Gasteiger partial charge in [0.1, 0.15) is 5.52 Å². The summed E-state index contributed by atoms with van der Waals surface area (Å²) in [5.41, 5.74) is 1.66. The maximum atomic E-state index is 5.56. The fourth-order valence-electron chi connectivity index (χ4n) is 2.17. The highest BCUT2D eigenvalue weighted by Crippen LogP contribution is 2.17. The fraction of sp³-hybridized carbons (Fsp3) is 0.500. The average molecular weight is 262 g/mol. The van der Waals surface area contributed by atoms with Crippen LogP contribution in [0.1, 0.15) is 12.8 Å². The van der Waals surface area contributed by atoms with Crippen molar-refractivity contribution < 1.29 is 13.9 Å². The molecule has 0 spiro atoms. The van der Waals surface area contributed by atoms with Crippen LogP contribution in [0.3, 0.4) is 0 Å². The number of rotatable bonds is 6. The van der Waals surface area contributed by atoms with E-state index >= 15 is 0 Å². The van der Waals surface area contributed by atoms with Crippen LogP contribution in [0.5, 0.6) is 0 Å². The highest BCUT2D eigenvalue weighted by atomic mass is 16.5. The van der Waals surface area contributed by atoms with E-state index in [2.05, 4.69) is 10.3 Å². The summed E-state index contributed by atoms with van der Waals surface area (Å²) in [5.74, 6) is 0. The molecule has 1 aromatic carbocycles. The van der Waals surface area contributed by atoms with Gasteiger partial charge in [-0.1, -0.05) is 12.1 Å². The fourth-order valence-corrected chi connectivity index (χ4v) is 2.17. The standard InChI is InChI=1S/C14H18N2O3/c1-2-6-13-12(5-1)16-14(19-13)15-7-9-17-10-11-4-3-8-18-11/h1-2,5-6,11H,3-4,7-10H2,(H,15,16). The van der Waals surface area contributed by atoms with E-state index in [0.29, 0.717) is 25.8 Å². The second-order valence-corrected chi connectivity index (χ2v) is 4.62. The summed E-state index contributed by atoms with van der Waals surface area (Å²) in [6.07, 6.45) is 2.54. The SMILES string of the molecule is c1ccc2oc(NCCOCC3CCCO3)nc2c1. The van der Waals surface area contributed by atoms with Crippen molar-refractivity contribution in [1.29, 1.82) is 0 Å². The first-order valence-electron chi connectivity index (χ1n) is 6.70. The number of hydrogen-bond donors (Lipinski definition) is 1. The van der Waals surface area contributed by atoms with Crippen LogP contribution >= 0.6 is 0 Å². The van der Waals surface area contributed by atoms with Crippen molar-refractivity contribution in [2.24, 2.45) is 0 Å². The van der Waals surface area contributed by atoms with Crippen molar-refractivity contribution in [3.05, 3.63) is 24.3 Å². The van der Waals surface area contributed by atoms with Crippen molar-refractivity contribution in [2.75, 3.05) is 31.7 Å². The minimum absolute atomic E-state index is 0.282. The molecular weight excluding hydrogens is 244 g/mol. The molecule has 1 atom stereocenters. The highest BCUT2D eigenvalue weighted by molar-refractivity contribution is 5.74. The lowest BCUT2D eigenvalue weighted by atomic mass is 10.2. The van der Waals surface area contributed by atoms with Crippen LogP contribution in [0.25, 0.3) is 11.1 Å². The van der Waals surface area contributed by atoms with Crippen molar-refractivity contribution in [2.45, 2.75) is 18.9 Å². The molecule has 2 aromatic rings.